The molecule has 0 nitrogen and oxygen atoms in total. The quantitative estimate of drug-likeness (QED) is 0.374. The minimum absolute atomic E-state index is 0.970. The van der Waals surface area contributed by atoms with Crippen molar-refractivity contribution in [2.75, 3.05) is 0 Å². The maximum atomic E-state index is 4.60. The molecule has 4 heteroatoms. The van der Waals surface area contributed by atoms with E-state index in [0.29, 0.717) is 0 Å². The highest BCUT2D eigenvalue weighted by molar-refractivity contribution is 14.2. The predicted octanol–water partition coefficient (Wildman–Crippen LogP) is 2.35. The Labute approximate surface area is 65.3 Å². The van der Waals surface area contributed by atoms with Crippen LogP contribution in [0.15, 0.2) is 0 Å². The van der Waals surface area contributed by atoms with E-state index >= 15 is 0 Å². The second kappa shape index (κ2) is 4.15. The van der Waals surface area contributed by atoms with E-state index in [0.717, 1.165) is 7.41 Å². The Morgan fingerprint density at radius 1 is 1.60 bits per heavy atom. The van der Waals surface area contributed by atoms with E-state index in [4.69, 9.17) is 0 Å². The molecule has 30 valence electrons. The zero-order chi connectivity index (χ0) is 4.28. The lowest BCUT2D eigenvalue weighted by Gasteiger charge is -1.82. The fraction of sp³-hybridized carbons (Fsp3) is 0. The van der Waals surface area contributed by atoms with Crippen molar-refractivity contribution in [2.24, 2.45) is 0 Å². The first-order chi connectivity index (χ1) is 2.27. The second-order valence-electron chi connectivity index (χ2n) is 0.332. The monoisotopic (exact) mass is 329 g/mol. The van der Waals surface area contributed by atoms with Crippen LogP contribution in [0.25, 0.3) is 0 Å². The van der Waals surface area contributed by atoms with E-state index in [2.05, 4.69) is 57.4 Å². The molecule has 0 aliphatic heterocycles. The molecule has 0 aliphatic carbocycles. The van der Waals surface area contributed by atoms with Crippen LogP contribution in [-0.2, 0) is 12.2 Å². The van der Waals surface area contributed by atoms with Crippen LogP contribution in [-0.4, -0.2) is 1.31 Å². The third-order valence-electron chi connectivity index (χ3n) is 0.0690. The first-order valence-corrected chi connectivity index (χ1v) is 4.85. The third-order valence-corrected chi connectivity index (χ3v) is 4.17. The molecule has 0 amide bonds. The molecule has 0 fully saturated rings. The van der Waals surface area contributed by atoms with Gasteiger partial charge >= 0.3 is 0 Å². The predicted molar refractivity (Wildman–Crippen MR) is 47.3 cm³/mol. The Morgan fingerprint density at radius 2 is 1.80 bits per heavy atom. The van der Waals surface area contributed by atoms with E-state index in [1.165, 1.54) is 1.31 Å². The topological polar surface area (TPSA) is 0 Å². The van der Waals surface area contributed by atoms with Gasteiger partial charge in [0.15, 0.2) is 0 Å². The highest BCUT2D eigenvalue weighted by Gasteiger charge is 1.61. The van der Waals surface area contributed by atoms with Crippen LogP contribution >= 0.6 is 52.6 Å². The number of halogens is 2. The van der Waals surface area contributed by atoms with Crippen molar-refractivity contribution in [3.05, 3.63) is 0 Å². The van der Waals surface area contributed by atoms with Gasteiger partial charge in [-0.2, -0.15) is 0 Å². The average molecular weight is 329 g/mol. The molecule has 0 rings (SSSR count). The van der Waals surface area contributed by atoms with E-state index in [1.54, 1.807) is 0 Å². The Bertz CT molecular complexity index is 47.6. The summed E-state index contributed by atoms with van der Waals surface area (Å²) in [5.41, 5.74) is 0. The lowest BCUT2D eigenvalue weighted by atomic mass is 12.0. The van der Waals surface area contributed by atoms with Gasteiger partial charge in [-0.1, -0.05) is 0 Å². The van der Waals surface area contributed by atoms with Crippen LogP contribution in [0.3, 0.4) is 0 Å². The van der Waals surface area contributed by atoms with Crippen molar-refractivity contribution in [3.8, 4) is 0 Å². The highest BCUT2D eigenvalue weighted by Crippen LogP contribution is 2.08. The normalized spacial score (nSPS) is 8.60. The third kappa shape index (κ3) is 5.98. The van der Waals surface area contributed by atoms with Crippen molar-refractivity contribution in [3.63, 3.8) is 0 Å². The molecule has 0 radical (unpaired) electrons. The second-order valence-corrected chi connectivity index (χ2v) is 7.44. The number of rotatable bonds is 0. The molecule has 0 spiro atoms. The highest BCUT2D eigenvalue weighted by atomic mass is 127. The Kier molecular flexibility index (Phi) is 5.79. The number of hydrogen-bond acceptors (Lipinski definition) is 1. The van der Waals surface area contributed by atoms with Crippen molar-refractivity contribution in [1.82, 2.24) is 0 Å². The van der Waals surface area contributed by atoms with Gasteiger partial charge in [-0.05, 0) is 45.2 Å². The minimum atomic E-state index is 0.970. The van der Waals surface area contributed by atoms with Crippen molar-refractivity contribution < 1.29 is 0 Å². The molecule has 0 aromatic carbocycles. The molecule has 5 heavy (non-hydrogen) atoms. The maximum Gasteiger partial charge on any atom is 0.0484 e. The Hall–Kier alpha value is 1.98. The smallest absolute Gasteiger partial charge is 0.0484 e. The van der Waals surface area contributed by atoms with Crippen LogP contribution in [0, 0.1) is 0 Å². The summed E-state index contributed by atoms with van der Waals surface area (Å²) < 4.78 is 1.23. The Morgan fingerprint density at radius 3 is 1.80 bits per heavy atom. The van der Waals surface area contributed by atoms with Gasteiger partial charge in [0.25, 0.3) is 0 Å². The lowest BCUT2D eigenvalue weighted by molar-refractivity contribution is 4.55. The van der Waals surface area contributed by atoms with Crippen LogP contribution in [0.4, 0.5) is 0 Å². The van der Waals surface area contributed by atoms with Gasteiger partial charge in [-0.25, -0.2) is 0 Å². The van der Waals surface area contributed by atoms with Gasteiger partial charge in [-0.15, -0.1) is 0 Å². The molecule has 0 aromatic heterocycles. The Balaban J connectivity index is 3.14. The summed E-state index contributed by atoms with van der Waals surface area (Å²) in [7, 11) is 0.970. The molecule has 0 atom stereocenters. The minimum Gasteiger partial charge on any atom is -0.726 e. The van der Waals surface area contributed by atoms with Crippen LogP contribution in [0.1, 0.15) is 0 Å². The first kappa shape index (κ1) is 6.98. The zero-order valence-electron chi connectivity index (χ0n) is 2.11. The SMILES string of the molecule is [S-]P=C(I)I. The summed E-state index contributed by atoms with van der Waals surface area (Å²) in [6.07, 6.45) is 0. The van der Waals surface area contributed by atoms with Gasteiger partial charge in [0.05, 0.1) is 0 Å². The molecular weight excluding hydrogens is 329 g/mol. The molecule has 0 unspecified atom stereocenters. The van der Waals surface area contributed by atoms with Crippen LogP contribution in [0.2, 0.25) is 0 Å². The largest absolute Gasteiger partial charge is 0.726 e. The molecule has 0 aromatic rings. The number of hydrogen-bond donors (Lipinski definition) is 0. The standard InChI is InChI=1S/CI2PS/c2-1(3)4-5/q-1. The summed E-state index contributed by atoms with van der Waals surface area (Å²) >= 11 is 8.98. The van der Waals surface area contributed by atoms with Gasteiger partial charge in [0.2, 0.25) is 0 Å². The van der Waals surface area contributed by atoms with E-state index in [9.17, 15) is 0 Å². The fourth-order valence-electron chi connectivity index (χ4n) is 0. The summed E-state index contributed by atoms with van der Waals surface area (Å²) in [5, 5.41) is 0. The van der Waals surface area contributed by atoms with Gasteiger partial charge in [0.1, 0.15) is 0 Å². The average Bonchev–Trinajstić information content (AvgIpc) is 1.38. The van der Waals surface area contributed by atoms with E-state index in [-0.39, 0.29) is 0 Å². The lowest BCUT2D eigenvalue weighted by Crippen LogP contribution is -1.45. The van der Waals surface area contributed by atoms with Crippen molar-refractivity contribution in [2.45, 2.75) is 0 Å². The molecular formula is CI2PS-. The molecule has 0 saturated carbocycles. The summed E-state index contributed by atoms with van der Waals surface area (Å²) in [6.45, 7) is 0. The summed E-state index contributed by atoms with van der Waals surface area (Å²) in [4.78, 5) is 0. The zero-order valence-corrected chi connectivity index (χ0v) is 8.14. The molecule has 0 saturated heterocycles. The summed E-state index contributed by atoms with van der Waals surface area (Å²) in [6, 6.07) is 0. The van der Waals surface area contributed by atoms with Crippen LogP contribution < -0.4 is 0 Å². The van der Waals surface area contributed by atoms with Crippen molar-refractivity contribution >= 4 is 66.1 Å². The summed E-state index contributed by atoms with van der Waals surface area (Å²) in [5.74, 6) is 0. The van der Waals surface area contributed by atoms with E-state index in [1.807, 2.05) is 0 Å². The molecule has 0 N–H and O–H groups in total. The van der Waals surface area contributed by atoms with E-state index < -0.39 is 0 Å². The first-order valence-electron chi connectivity index (χ1n) is 0.784. The fourth-order valence-corrected chi connectivity index (χ4v) is 0. The molecule has 0 heterocycles. The van der Waals surface area contributed by atoms with Crippen molar-refractivity contribution in [1.29, 1.82) is 0 Å². The van der Waals surface area contributed by atoms with Crippen LogP contribution in [0.5, 0.6) is 0 Å². The van der Waals surface area contributed by atoms with Gasteiger partial charge in [0, 0.05) is 1.31 Å². The molecule has 0 bridgehead atoms. The van der Waals surface area contributed by atoms with Gasteiger partial charge in [-0.3, -0.25) is 7.41 Å². The van der Waals surface area contributed by atoms with Gasteiger partial charge < -0.3 is 12.2 Å². The maximum absolute atomic E-state index is 4.60. The molecule has 0 aliphatic rings.